The first-order valence-corrected chi connectivity index (χ1v) is 5.21. The maximum Gasteiger partial charge on any atom is -0.0286 e. The molecule has 0 spiro atoms. The lowest BCUT2D eigenvalue weighted by Crippen LogP contribution is -1.84. The van der Waals surface area contributed by atoms with Crippen molar-refractivity contribution in [3.05, 3.63) is 37.0 Å². The Labute approximate surface area is 83.0 Å². The molecule has 0 heteroatoms. The number of allylic oxidation sites excluding steroid dienone is 4. The Kier molecular flexibility index (Phi) is 8.75. The molecule has 0 aliphatic heterocycles. The summed E-state index contributed by atoms with van der Waals surface area (Å²) in [5.74, 6) is 0. The van der Waals surface area contributed by atoms with Gasteiger partial charge in [-0.2, -0.15) is 0 Å². The summed E-state index contributed by atoms with van der Waals surface area (Å²) in [7, 11) is 0. The highest BCUT2D eigenvalue weighted by Gasteiger charge is 1.94. The lowest BCUT2D eigenvalue weighted by atomic mass is 10.0. The summed E-state index contributed by atoms with van der Waals surface area (Å²) in [6, 6.07) is 0. The maximum absolute atomic E-state index is 3.74. The van der Waals surface area contributed by atoms with Crippen molar-refractivity contribution in [2.75, 3.05) is 0 Å². The molecule has 0 rings (SSSR count). The quantitative estimate of drug-likeness (QED) is 0.375. The van der Waals surface area contributed by atoms with Gasteiger partial charge in [0.05, 0.1) is 0 Å². The Balaban J connectivity index is 3.48. The molecule has 0 amide bonds. The molecule has 0 heterocycles. The van der Waals surface area contributed by atoms with Crippen LogP contribution in [0.5, 0.6) is 0 Å². The van der Waals surface area contributed by atoms with Gasteiger partial charge >= 0.3 is 0 Å². The van der Waals surface area contributed by atoms with E-state index in [9.17, 15) is 0 Å². The second-order valence-corrected chi connectivity index (χ2v) is 3.31. The fourth-order valence-electron chi connectivity index (χ4n) is 1.34. The minimum absolute atomic E-state index is 1.11. The third-order valence-corrected chi connectivity index (χ3v) is 2.23. The van der Waals surface area contributed by atoms with Crippen LogP contribution in [0, 0.1) is 0 Å². The lowest BCUT2D eigenvalue weighted by molar-refractivity contribution is 0.719. The van der Waals surface area contributed by atoms with Gasteiger partial charge in [0.2, 0.25) is 0 Å². The van der Waals surface area contributed by atoms with E-state index in [1.165, 1.54) is 25.7 Å². The van der Waals surface area contributed by atoms with Crippen molar-refractivity contribution in [3.8, 4) is 0 Å². The topological polar surface area (TPSA) is 0 Å². The van der Waals surface area contributed by atoms with Crippen molar-refractivity contribution in [1.29, 1.82) is 0 Å². The summed E-state index contributed by atoms with van der Waals surface area (Å²) >= 11 is 0. The van der Waals surface area contributed by atoms with Crippen LogP contribution in [0.4, 0.5) is 0 Å². The molecule has 0 aromatic carbocycles. The molecule has 0 fully saturated rings. The van der Waals surface area contributed by atoms with Crippen LogP contribution in [0.15, 0.2) is 37.0 Å². The van der Waals surface area contributed by atoms with E-state index in [0.717, 1.165) is 12.8 Å². The summed E-state index contributed by atoms with van der Waals surface area (Å²) in [5.41, 5.74) is 1.57. The highest BCUT2D eigenvalue weighted by molar-refractivity contribution is 5.01. The van der Waals surface area contributed by atoms with Gasteiger partial charge in [-0.25, -0.2) is 0 Å². The van der Waals surface area contributed by atoms with Crippen molar-refractivity contribution in [3.63, 3.8) is 0 Å². The van der Waals surface area contributed by atoms with Gasteiger partial charge in [0.1, 0.15) is 0 Å². The Hall–Kier alpha value is -0.780. The fraction of sp³-hybridized carbons (Fsp3) is 0.538. The molecule has 0 aliphatic rings. The molecular formula is C13H22. The number of hydrogen-bond donors (Lipinski definition) is 0. The molecular weight excluding hydrogens is 156 g/mol. The molecule has 0 saturated carbocycles. The van der Waals surface area contributed by atoms with E-state index in [1.807, 2.05) is 12.2 Å². The highest BCUT2D eigenvalue weighted by Crippen LogP contribution is 2.14. The van der Waals surface area contributed by atoms with Crippen LogP contribution in [0.25, 0.3) is 0 Å². The van der Waals surface area contributed by atoms with Crippen LogP contribution < -0.4 is 0 Å². The van der Waals surface area contributed by atoms with Crippen LogP contribution in [0.2, 0.25) is 0 Å². The van der Waals surface area contributed by atoms with Gasteiger partial charge in [-0.15, -0.1) is 13.2 Å². The second kappa shape index (κ2) is 9.31. The molecule has 0 aromatic rings. The minimum Gasteiger partial charge on any atom is -0.103 e. The van der Waals surface area contributed by atoms with E-state index in [0.29, 0.717) is 0 Å². The molecule has 0 saturated heterocycles. The standard InChI is InChI=1S/C13H22/c1-4-7-9-10-12-13(6-3)11-8-5-2/h4-6H,1-2,7-12H2,3H3. The summed E-state index contributed by atoms with van der Waals surface area (Å²) in [6.45, 7) is 9.59. The summed E-state index contributed by atoms with van der Waals surface area (Å²) in [4.78, 5) is 0. The first kappa shape index (κ1) is 12.2. The Morgan fingerprint density at radius 2 is 1.69 bits per heavy atom. The van der Waals surface area contributed by atoms with Crippen molar-refractivity contribution in [2.45, 2.75) is 45.4 Å². The van der Waals surface area contributed by atoms with Gasteiger partial charge in [0.25, 0.3) is 0 Å². The zero-order valence-corrected chi connectivity index (χ0v) is 8.89. The highest BCUT2D eigenvalue weighted by atomic mass is 14.0. The van der Waals surface area contributed by atoms with Gasteiger partial charge in [-0.3, -0.25) is 0 Å². The van der Waals surface area contributed by atoms with Crippen LogP contribution in [0.1, 0.15) is 45.4 Å². The SMILES string of the molecule is C=CCCCCC(=CC)CCC=C. The number of unbranched alkanes of at least 4 members (excludes halogenated alkanes) is 2. The third-order valence-electron chi connectivity index (χ3n) is 2.23. The largest absolute Gasteiger partial charge is 0.103 e. The molecule has 0 bridgehead atoms. The van der Waals surface area contributed by atoms with Crippen molar-refractivity contribution >= 4 is 0 Å². The lowest BCUT2D eigenvalue weighted by Gasteiger charge is -2.04. The first-order valence-electron chi connectivity index (χ1n) is 5.21. The van der Waals surface area contributed by atoms with Crippen molar-refractivity contribution in [2.24, 2.45) is 0 Å². The normalized spacial score (nSPS) is 11.3. The van der Waals surface area contributed by atoms with Crippen LogP contribution in [0.3, 0.4) is 0 Å². The molecule has 0 radical (unpaired) electrons. The van der Waals surface area contributed by atoms with E-state index in [-0.39, 0.29) is 0 Å². The Bertz CT molecular complexity index is 163. The predicted molar refractivity (Wildman–Crippen MR) is 61.9 cm³/mol. The smallest absolute Gasteiger partial charge is 0.0286 e. The van der Waals surface area contributed by atoms with Gasteiger partial charge in [-0.1, -0.05) is 23.8 Å². The van der Waals surface area contributed by atoms with Crippen LogP contribution >= 0.6 is 0 Å². The average molecular weight is 178 g/mol. The monoisotopic (exact) mass is 178 g/mol. The third kappa shape index (κ3) is 7.58. The van der Waals surface area contributed by atoms with Gasteiger partial charge in [0.15, 0.2) is 0 Å². The van der Waals surface area contributed by atoms with Crippen molar-refractivity contribution in [1.82, 2.24) is 0 Å². The van der Waals surface area contributed by atoms with E-state index >= 15 is 0 Å². The number of hydrogen-bond acceptors (Lipinski definition) is 0. The van der Waals surface area contributed by atoms with E-state index in [2.05, 4.69) is 26.2 Å². The molecule has 0 atom stereocenters. The fourth-order valence-corrected chi connectivity index (χ4v) is 1.34. The van der Waals surface area contributed by atoms with Gasteiger partial charge in [0, 0.05) is 0 Å². The summed E-state index contributed by atoms with van der Waals surface area (Å²) < 4.78 is 0. The molecule has 0 aliphatic carbocycles. The second-order valence-electron chi connectivity index (χ2n) is 3.31. The molecule has 0 unspecified atom stereocenters. The molecule has 0 N–H and O–H groups in total. The van der Waals surface area contributed by atoms with Gasteiger partial charge in [-0.05, 0) is 45.4 Å². The molecule has 0 nitrogen and oxygen atoms in total. The van der Waals surface area contributed by atoms with E-state index < -0.39 is 0 Å². The summed E-state index contributed by atoms with van der Waals surface area (Å²) in [5, 5.41) is 0. The molecule has 74 valence electrons. The predicted octanol–water partition coefficient (Wildman–Crippen LogP) is 4.65. The number of rotatable bonds is 8. The van der Waals surface area contributed by atoms with E-state index in [4.69, 9.17) is 0 Å². The summed E-state index contributed by atoms with van der Waals surface area (Å²) in [6.07, 6.45) is 13.5. The zero-order chi connectivity index (χ0) is 9.94. The minimum atomic E-state index is 1.11. The molecule has 0 aromatic heterocycles. The Morgan fingerprint density at radius 3 is 2.23 bits per heavy atom. The van der Waals surface area contributed by atoms with Crippen LogP contribution in [-0.4, -0.2) is 0 Å². The van der Waals surface area contributed by atoms with Gasteiger partial charge < -0.3 is 0 Å². The van der Waals surface area contributed by atoms with E-state index in [1.54, 1.807) is 5.57 Å². The average Bonchev–Trinajstić information content (AvgIpc) is 2.17. The maximum atomic E-state index is 3.74. The van der Waals surface area contributed by atoms with Crippen LogP contribution in [-0.2, 0) is 0 Å². The first-order chi connectivity index (χ1) is 6.35. The Morgan fingerprint density at radius 1 is 1.00 bits per heavy atom. The zero-order valence-electron chi connectivity index (χ0n) is 8.89. The molecule has 13 heavy (non-hydrogen) atoms. The van der Waals surface area contributed by atoms with Crippen molar-refractivity contribution < 1.29 is 0 Å².